The van der Waals surface area contributed by atoms with Crippen LogP contribution in [0, 0.1) is 11.3 Å². The van der Waals surface area contributed by atoms with Gasteiger partial charge in [0.2, 0.25) is 0 Å². The second kappa shape index (κ2) is 5.17. The zero-order chi connectivity index (χ0) is 13.3. The van der Waals surface area contributed by atoms with Crippen LogP contribution in [-0.2, 0) is 14.3 Å². The third-order valence-corrected chi connectivity index (χ3v) is 4.47. The SMILES string of the molecule is CCOC1CC(NC(C(=O)OC)C2CC2)C1(C)C. The number of esters is 1. The van der Waals surface area contributed by atoms with E-state index in [1.54, 1.807) is 0 Å². The van der Waals surface area contributed by atoms with E-state index in [4.69, 9.17) is 9.47 Å². The summed E-state index contributed by atoms with van der Waals surface area (Å²) in [5.74, 6) is 0.354. The zero-order valence-electron chi connectivity index (χ0n) is 11.9. The first-order valence-electron chi connectivity index (χ1n) is 6.96. The molecule has 0 aromatic rings. The van der Waals surface area contributed by atoms with Crippen molar-refractivity contribution in [2.75, 3.05) is 13.7 Å². The van der Waals surface area contributed by atoms with Crippen molar-refractivity contribution in [2.24, 2.45) is 11.3 Å². The van der Waals surface area contributed by atoms with Gasteiger partial charge in [0, 0.05) is 18.1 Å². The fourth-order valence-corrected chi connectivity index (χ4v) is 2.82. The summed E-state index contributed by atoms with van der Waals surface area (Å²) in [6, 6.07) is 0.223. The number of carbonyl (C=O) groups is 1. The van der Waals surface area contributed by atoms with Crippen LogP contribution in [0.1, 0.15) is 40.0 Å². The van der Waals surface area contributed by atoms with Crippen molar-refractivity contribution >= 4 is 5.97 Å². The number of carbonyl (C=O) groups excluding carboxylic acids is 1. The molecule has 2 aliphatic rings. The van der Waals surface area contributed by atoms with Gasteiger partial charge in [0.25, 0.3) is 0 Å². The van der Waals surface area contributed by atoms with E-state index < -0.39 is 0 Å². The number of hydrogen-bond donors (Lipinski definition) is 1. The summed E-state index contributed by atoms with van der Waals surface area (Å²) in [7, 11) is 1.47. The third kappa shape index (κ3) is 2.54. The maximum Gasteiger partial charge on any atom is 0.323 e. The van der Waals surface area contributed by atoms with Crippen LogP contribution < -0.4 is 5.32 Å². The first kappa shape index (κ1) is 13.8. The Morgan fingerprint density at radius 1 is 1.44 bits per heavy atom. The summed E-state index contributed by atoms with van der Waals surface area (Å²) in [6.45, 7) is 7.19. The van der Waals surface area contributed by atoms with Crippen LogP contribution in [0.3, 0.4) is 0 Å². The Hall–Kier alpha value is -0.610. The van der Waals surface area contributed by atoms with Crippen LogP contribution in [0.5, 0.6) is 0 Å². The minimum atomic E-state index is -0.123. The van der Waals surface area contributed by atoms with Gasteiger partial charge in [-0.2, -0.15) is 0 Å². The summed E-state index contributed by atoms with van der Waals surface area (Å²) >= 11 is 0. The van der Waals surface area contributed by atoms with Crippen LogP contribution in [0.2, 0.25) is 0 Å². The van der Waals surface area contributed by atoms with Gasteiger partial charge in [0.15, 0.2) is 0 Å². The van der Waals surface area contributed by atoms with Crippen LogP contribution in [-0.4, -0.2) is 37.9 Å². The molecule has 1 N–H and O–H groups in total. The molecule has 2 saturated carbocycles. The van der Waals surface area contributed by atoms with E-state index in [0.29, 0.717) is 18.1 Å². The number of ether oxygens (including phenoxy) is 2. The van der Waals surface area contributed by atoms with Crippen LogP contribution in [0.4, 0.5) is 0 Å². The summed E-state index contributed by atoms with van der Waals surface area (Å²) < 4.78 is 10.6. The van der Waals surface area contributed by atoms with Gasteiger partial charge in [0.05, 0.1) is 13.2 Å². The molecule has 2 aliphatic carbocycles. The molecule has 3 atom stereocenters. The maximum absolute atomic E-state index is 11.8. The van der Waals surface area contributed by atoms with Gasteiger partial charge in [-0.25, -0.2) is 0 Å². The number of rotatable bonds is 6. The molecule has 0 heterocycles. The highest BCUT2D eigenvalue weighted by Crippen LogP contribution is 2.44. The molecular weight excluding hydrogens is 230 g/mol. The topological polar surface area (TPSA) is 47.6 Å². The molecule has 0 amide bonds. The van der Waals surface area contributed by atoms with E-state index in [1.807, 2.05) is 6.92 Å². The first-order chi connectivity index (χ1) is 8.50. The fraction of sp³-hybridized carbons (Fsp3) is 0.929. The molecular formula is C14H25NO3. The predicted octanol–water partition coefficient (Wildman–Crippen LogP) is 1.73. The largest absolute Gasteiger partial charge is 0.468 e. The Morgan fingerprint density at radius 3 is 2.56 bits per heavy atom. The molecule has 4 heteroatoms. The van der Waals surface area contributed by atoms with Gasteiger partial charge in [-0.1, -0.05) is 13.8 Å². The van der Waals surface area contributed by atoms with E-state index in [1.165, 1.54) is 7.11 Å². The Labute approximate surface area is 109 Å². The second-order valence-corrected chi connectivity index (χ2v) is 6.06. The monoisotopic (exact) mass is 255 g/mol. The fourth-order valence-electron chi connectivity index (χ4n) is 2.82. The zero-order valence-corrected chi connectivity index (χ0v) is 11.9. The van der Waals surface area contributed by atoms with E-state index in [0.717, 1.165) is 25.9 Å². The van der Waals surface area contributed by atoms with Crippen molar-refractivity contribution in [2.45, 2.75) is 58.2 Å². The van der Waals surface area contributed by atoms with Crippen molar-refractivity contribution in [1.29, 1.82) is 0 Å². The summed E-state index contributed by atoms with van der Waals surface area (Å²) in [5, 5.41) is 3.49. The Morgan fingerprint density at radius 2 is 2.11 bits per heavy atom. The van der Waals surface area contributed by atoms with Crippen molar-refractivity contribution in [1.82, 2.24) is 5.32 Å². The van der Waals surface area contributed by atoms with Gasteiger partial charge in [-0.3, -0.25) is 4.79 Å². The molecule has 2 fully saturated rings. The molecule has 0 radical (unpaired) electrons. The molecule has 3 unspecified atom stereocenters. The smallest absolute Gasteiger partial charge is 0.323 e. The van der Waals surface area contributed by atoms with Crippen molar-refractivity contribution in [3.8, 4) is 0 Å². The highest BCUT2D eigenvalue weighted by Gasteiger charge is 2.51. The van der Waals surface area contributed by atoms with E-state index >= 15 is 0 Å². The molecule has 4 nitrogen and oxygen atoms in total. The molecule has 18 heavy (non-hydrogen) atoms. The van der Waals surface area contributed by atoms with Crippen LogP contribution in [0.15, 0.2) is 0 Å². The Balaban J connectivity index is 1.91. The average Bonchev–Trinajstić information content (AvgIpc) is 3.16. The van der Waals surface area contributed by atoms with Crippen LogP contribution in [0.25, 0.3) is 0 Å². The maximum atomic E-state index is 11.8. The molecule has 2 rings (SSSR count). The quantitative estimate of drug-likeness (QED) is 0.734. The lowest BCUT2D eigenvalue weighted by Crippen LogP contribution is -2.64. The standard InChI is InChI=1S/C14H25NO3/c1-5-18-11-8-10(14(11,2)3)15-12(9-6-7-9)13(16)17-4/h9-12,15H,5-8H2,1-4H3. The minimum Gasteiger partial charge on any atom is -0.468 e. The summed E-state index contributed by atoms with van der Waals surface area (Å²) in [6.07, 6.45) is 3.56. The lowest BCUT2D eigenvalue weighted by Gasteiger charge is -2.52. The Kier molecular flexibility index (Phi) is 3.97. The molecule has 104 valence electrons. The van der Waals surface area contributed by atoms with Crippen LogP contribution >= 0.6 is 0 Å². The average molecular weight is 255 g/mol. The van der Waals surface area contributed by atoms with Gasteiger partial charge < -0.3 is 14.8 Å². The van der Waals surface area contributed by atoms with E-state index in [2.05, 4.69) is 19.2 Å². The second-order valence-electron chi connectivity index (χ2n) is 6.06. The number of methoxy groups -OCH3 is 1. The predicted molar refractivity (Wildman–Crippen MR) is 69.3 cm³/mol. The summed E-state index contributed by atoms with van der Waals surface area (Å²) in [4.78, 5) is 11.8. The van der Waals surface area contributed by atoms with E-state index in [-0.39, 0.29) is 17.4 Å². The molecule has 0 aliphatic heterocycles. The molecule has 0 saturated heterocycles. The molecule has 0 spiro atoms. The van der Waals surface area contributed by atoms with Gasteiger partial charge in [0.1, 0.15) is 6.04 Å². The van der Waals surface area contributed by atoms with Crippen molar-refractivity contribution in [3.05, 3.63) is 0 Å². The molecule has 0 bridgehead atoms. The van der Waals surface area contributed by atoms with Crippen molar-refractivity contribution in [3.63, 3.8) is 0 Å². The number of nitrogens with one attached hydrogen (secondary N) is 1. The highest BCUT2D eigenvalue weighted by molar-refractivity contribution is 5.76. The number of hydrogen-bond acceptors (Lipinski definition) is 4. The third-order valence-electron chi connectivity index (χ3n) is 4.47. The van der Waals surface area contributed by atoms with Gasteiger partial charge in [-0.15, -0.1) is 0 Å². The molecule has 0 aromatic carbocycles. The van der Waals surface area contributed by atoms with E-state index in [9.17, 15) is 4.79 Å². The van der Waals surface area contributed by atoms with Gasteiger partial charge in [-0.05, 0) is 32.1 Å². The summed E-state index contributed by atoms with van der Waals surface area (Å²) in [5.41, 5.74) is 0.0944. The highest BCUT2D eigenvalue weighted by atomic mass is 16.5. The normalized spacial score (nSPS) is 31.6. The lowest BCUT2D eigenvalue weighted by molar-refractivity contribution is -0.148. The van der Waals surface area contributed by atoms with Crippen molar-refractivity contribution < 1.29 is 14.3 Å². The minimum absolute atomic E-state index is 0.0944. The Bertz CT molecular complexity index is 312. The van der Waals surface area contributed by atoms with Gasteiger partial charge >= 0.3 is 5.97 Å². The lowest BCUT2D eigenvalue weighted by atomic mass is 9.64. The first-order valence-corrected chi connectivity index (χ1v) is 6.96. The molecule has 0 aromatic heterocycles.